The van der Waals surface area contributed by atoms with Gasteiger partial charge in [0.1, 0.15) is 17.1 Å². The van der Waals surface area contributed by atoms with E-state index in [1.165, 1.54) is 11.3 Å². The lowest BCUT2D eigenvalue weighted by atomic mass is 10.2. The standard InChI is InChI=1S/C12H15N3O3S2/c1-6-7(2)20-11(8(6)3-13)15-10(16)5-19-4-9(14)12(17)18/h9H,4-5,14H2,1-2H3,(H,15,16)(H,17,18)/t9-/m1/s1. The van der Waals surface area contributed by atoms with E-state index in [0.29, 0.717) is 10.6 Å². The molecule has 1 rings (SSSR count). The molecular formula is C12H15N3O3S2. The van der Waals surface area contributed by atoms with E-state index in [4.69, 9.17) is 16.1 Å². The fourth-order valence-corrected chi connectivity index (χ4v) is 3.16. The number of carbonyl (C=O) groups excluding carboxylic acids is 1. The van der Waals surface area contributed by atoms with Crippen LogP contribution in [0.25, 0.3) is 0 Å². The summed E-state index contributed by atoms with van der Waals surface area (Å²) in [5.74, 6) is -1.10. The van der Waals surface area contributed by atoms with Gasteiger partial charge in [-0.05, 0) is 19.4 Å². The topological polar surface area (TPSA) is 116 Å². The molecule has 1 amide bonds. The van der Waals surface area contributed by atoms with Crippen molar-refractivity contribution in [2.45, 2.75) is 19.9 Å². The number of aryl methyl sites for hydroxylation is 1. The molecule has 1 atom stereocenters. The number of nitrogens with zero attached hydrogens (tertiary/aromatic N) is 1. The summed E-state index contributed by atoms with van der Waals surface area (Å²) in [5.41, 5.74) is 6.68. The zero-order valence-corrected chi connectivity index (χ0v) is 12.7. The van der Waals surface area contributed by atoms with Crippen molar-refractivity contribution in [1.29, 1.82) is 5.26 Å². The van der Waals surface area contributed by atoms with Crippen molar-refractivity contribution in [3.63, 3.8) is 0 Å². The summed E-state index contributed by atoms with van der Waals surface area (Å²) in [5, 5.41) is 20.9. The van der Waals surface area contributed by atoms with Crippen LogP contribution in [0.3, 0.4) is 0 Å². The van der Waals surface area contributed by atoms with Gasteiger partial charge >= 0.3 is 5.97 Å². The Bertz CT molecular complexity index is 563. The number of nitrogens with two attached hydrogens (primary N) is 1. The number of hydrogen-bond donors (Lipinski definition) is 3. The predicted molar refractivity (Wildman–Crippen MR) is 80.1 cm³/mol. The number of carbonyl (C=O) groups is 2. The summed E-state index contributed by atoms with van der Waals surface area (Å²) in [6.45, 7) is 3.72. The molecular weight excluding hydrogens is 298 g/mol. The second kappa shape index (κ2) is 7.28. The number of anilines is 1. The summed E-state index contributed by atoms with van der Waals surface area (Å²) in [4.78, 5) is 23.2. The highest BCUT2D eigenvalue weighted by atomic mass is 32.2. The largest absolute Gasteiger partial charge is 0.480 e. The van der Waals surface area contributed by atoms with Crippen LogP contribution in [-0.2, 0) is 9.59 Å². The number of nitrogens with one attached hydrogen (secondary N) is 1. The summed E-state index contributed by atoms with van der Waals surface area (Å²) >= 11 is 2.50. The van der Waals surface area contributed by atoms with Gasteiger partial charge < -0.3 is 16.2 Å². The van der Waals surface area contributed by atoms with E-state index in [1.54, 1.807) is 0 Å². The first-order valence-electron chi connectivity index (χ1n) is 5.72. The first-order chi connectivity index (χ1) is 9.36. The first kappa shape index (κ1) is 16.5. The molecule has 0 aromatic carbocycles. The molecule has 0 fully saturated rings. The van der Waals surface area contributed by atoms with Crippen LogP contribution in [0.1, 0.15) is 16.0 Å². The van der Waals surface area contributed by atoms with Crippen LogP contribution in [0, 0.1) is 25.2 Å². The van der Waals surface area contributed by atoms with E-state index in [1.807, 2.05) is 13.8 Å². The lowest BCUT2D eigenvalue weighted by Gasteiger charge is -2.06. The molecule has 0 saturated carbocycles. The minimum absolute atomic E-state index is 0.0991. The highest BCUT2D eigenvalue weighted by molar-refractivity contribution is 8.00. The van der Waals surface area contributed by atoms with Gasteiger partial charge in [-0.1, -0.05) is 0 Å². The number of amides is 1. The fourth-order valence-electron chi connectivity index (χ4n) is 1.36. The maximum Gasteiger partial charge on any atom is 0.321 e. The van der Waals surface area contributed by atoms with Crippen LogP contribution in [0.15, 0.2) is 0 Å². The zero-order valence-electron chi connectivity index (χ0n) is 11.1. The Kier molecular flexibility index (Phi) is 6.01. The molecule has 0 bridgehead atoms. The van der Waals surface area contributed by atoms with Crippen molar-refractivity contribution in [3.8, 4) is 6.07 Å². The average molecular weight is 313 g/mol. The van der Waals surface area contributed by atoms with E-state index in [-0.39, 0.29) is 17.4 Å². The van der Waals surface area contributed by atoms with Gasteiger partial charge in [0.15, 0.2) is 0 Å². The fraction of sp³-hybridized carbons (Fsp3) is 0.417. The maximum atomic E-state index is 11.7. The van der Waals surface area contributed by atoms with Gasteiger partial charge in [-0.2, -0.15) is 5.26 Å². The Morgan fingerprint density at radius 2 is 2.20 bits per heavy atom. The lowest BCUT2D eigenvalue weighted by Crippen LogP contribution is -2.33. The maximum absolute atomic E-state index is 11.7. The smallest absolute Gasteiger partial charge is 0.321 e. The molecule has 1 aromatic heterocycles. The molecule has 0 saturated heterocycles. The normalized spacial score (nSPS) is 11.7. The Labute approximate surface area is 125 Å². The van der Waals surface area contributed by atoms with Gasteiger partial charge in [-0.25, -0.2) is 0 Å². The average Bonchev–Trinajstić information content (AvgIpc) is 2.64. The van der Waals surface area contributed by atoms with Crippen molar-refractivity contribution < 1.29 is 14.7 Å². The molecule has 0 aliphatic carbocycles. The van der Waals surface area contributed by atoms with Crippen molar-refractivity contribution in [2.75, 3.05) is 16.8 Å². The minimum atomic E-state index is -1.09. The van der Waals surface area contributed by atoms with E-state index in [9.17, 15) is 9.59 Å². The van der Waals surface area contributed by atoms with Gasteiger partial charge in [0.2, 0.25) is 5.91 Å². The Balaban J connectivity index is 2.54. The highest BCUT2D eigenvalue weighted by Crippen LogP contribution is 2.31. The van der Waals surface area contributed by atoms with Crippen LogP contribution in [0.5, 0.6) is 0 Å². The van der Waals surface area contributed by atoms with E-state index in [2.05, 4.69) is 11.4 Å². The number of rotatable bonds is 6. The van der Waals surface area contributed by atoms with Gasteiger partial charge in [0.05, 0.1) is 11.3 Å². The third-order valence-electron chi connectivity index (χ3n) is 2.60. The molecule has 6 nitrogen and oxygen atoms in total. The van der Waals surface area contributed by atoms with Crippen LogP contribution in [0.2, 0.25) is 0 Å². The van der Waals surface area contributed by atoms with Gasteiger partial charge in [0, 0.05) is 10.6 Å². The molecule has 4 N–H and O–H groups in total. The minimum Gasteiger partial charge on any atom is -0.480 e. The molecule has 1 aromatic rings. The molecule has 0 aliphatic rings. The number of thioether (sulfide) groups is 1. The third kappa shape index (κ3) is 4.23. The summed E-state index contributed by atoms with van der Waals surface area (Å²) in [6, 6.07) is 1.09. The van der Waals surface area contributed by atoms with Crippen LogP contribution in [0.4, 0.5) is 5.00 Å². The number of hydrogen-bond acceptors (Lipinski definition) is 6. The molecule has 0 radical (unpaired) electrons. The molecule has 20 heavy (non-hydrogen) atoms. The molecule has 0 unspecified atom stereocenters. The summed E-state index contributed by atoms with van der Waals surface area (Å²) < 4.78 is 0. The quantitative estimate of drug-likeness (QED) is 0.729. The number of aliphatic carboxylic acids is 1. The highest BCUT2D eigenvalue weighted by Gasteiger charge is 2.16. The molecule has 108 valence electrons. The van der Waals surface area contributed by atoms with Crippen LogP contribution in [-0.4, -0.2) is 34.5 Å². The van der Waals surface area contributed by atoms with Gasteiger partial charge in [0.25, 0.3) is 0 Å². The number of carboxylic acids is 1. The van der Waals surface area contributed by atoms with Crippen molar-refractivity contribution >= 4 is 40.0 Å². The van der Waals surface area contributed by atoms with Crippen LogP contribution >= 0.6 is 23.1 Å². The Morgan fingerprint density at radius 1 is 1.55 bits per heavy atom. The predicted octanol–water partition coefficient (Wildman–Crippen LogP) is 1.32. The van der Waals surface area contributed by atoms with Crippen molar-refractivity contribution in [1.82, 2.24) is 0 Å². The van der Waals surface area contributed by atoms with E-state index >= 15 is 0 Å². The molecule has 8 heteroatoms. The third-order valence-corrected chi connectivity index (χ3v) is 4.78. The zero-order chi connectivity index (χ0) is 15.3. The van der Waals surface area contributed by atoms with Gasteiger partial charge in [-0.15, -0.1) is 23.1 Å². The van der Waals surface area contributed by atoms with Crippen molar-refractivity contribution in [2.24, 2.45) is 5.73 Å². The number of nitriles is 1. The second-order valence-electron chi connectivity index (χ2n) is 4.11. The molecule has 0 aliphatic heterocycles. The van der Waals surface area contributed by atoms with Crippen LogP contribution < -0.4 is 11.1 Å². The Hall–Kier alpha value is -1.56. The number of thiophene rings is 1. The SMILES string of the molecule is Cc1sc(NC(=O)CSC[C@@H](N)C(=O)O)c(C#N)c1C. The van der Waals surface area contributed by atoms with E-state index < -0.39 is 12.0 Å². The van der Waals surface area contributed by atoms with Crippen molar-refractivity contribution in [3.05, 3.63) is 16.0 Å². The first-order valence-corrected chi connectivity index (χ1v) is 7.70. The monoisotopic (exact) mass is 313 g/mol. The van der Waals surface area contributed by atoms with Gasteiger partial charge in [-0.3, -0.25) is 9.59 Å². The summed E-state index contributed by atoms with van der Waals surface area (Å²) in [7, 11) is 0. The summed E-state index contributed by atoms with van der Waals surface area (Å²) in [6.07, 6.45) is 0. The van der Waals surface area contributed by atoms with E-state index in [0.717, 1.165) is 22.2 Å². The number of carboxylic acid groups (broad SMARTS) is 1. The second-order valence-corrected chi connectivity index (χ2v) is 6.36. The Morgan fingerprint density at radius 3 is 2.75 bits per heavy atom. The molecule has 0 spiro atoms. The molecule has 1 heterocycles. The lowest BCUT2D eigenvalue weighted by molar-refractivity contribution is -0.137.